The Balaban J connectivity index is 2.41. The van der Waals surface area contributed by atoms with E-state index >= 15 is 0 Å². The molecule has 0 fully saturated rings. The molecule has 3 aromatic rings. The Morgan fingerprint density at radius 2 is 1.31 bits per heavy atom. The van der Waals surface area contributed by atoms with Gasteiger partial charge in [-0.3, -0.25) is 4.99 Å². The highest BCUT2D eigenvalue weighted by Crippen LogP contribution is 2.54. The van der Waals surface area contributed by atoms with Crippen LogP contribution in [0.3, 0.4) is 0 Å². The standard InChI is InChI=1S/C33H40F6N2O/c1-8-26(19-21(2)3)30(40-29-22(4)13-12-14-23(29)5)28(20-41-24(6)17-18-25(41)7)42-31(32(34,35)36,33(37,38)39)27-15-10-9-11-16-27/h9-18,21,26,28H,8,19-20H2,1-7H3/t26?,28-/m1/s1. The number of hydrogen-bond donors (Lipinski definition) is 0. The lowest BCUT2D eigenvalue weighted by Crippen LogP contribution is -2.59. The largest absolute Gasteiger partial charge is 0.430 e. The Bertz CT molecular complexity index is 1300. The third-order valence-electron chi connectivity index (χ3n) is 7.74. The zero-order valence-electron chi connectivity index (χ0n) is 25.2. The van der Waals surface area contributed by atoms with Crippen molar-refractivity contribution in [2.24, 2.45) is 16.8 Å². The number of aryl methyl sites for hydroxylation is 4. The van der Waals surface area contributed by atoms with E-state index in [2.05, 4.69) is 0 Å². The van der Waals surface area contributed by atoms with Gasteiger partial charge >= 0.3 is 12.4 Å². The number of nitrogens with zero attached hydrogens (tertiary/aromatic N) is 2. The molecule has 1 unspecified atom stereocenters. The summed E-state index contributed by atoms with van der Waals surface area (Å²) in [6, 6.07) is 14.3. The zero-order valence-corrected chi connectivity index (χ0v) is 25.2. The molecule has 0 aliphatic heterocycles. The van der Waals surface area contributed by atoms with Gasteiger partial charge in [-0.05, 0) is 75.6 Å². The maximum atomic E-state index is 15.0. The van der Waals surface area contributed by atoms with E-state index in [0.29, 0.717) is 29.9 Å². The fourth-order valence-corrected chi connectivity index (χ4v) is 5.52. The van der Waals surface area contributed by atoms with Gasteiger partial charge in [0.2, 0.25) is 0 Å². The summed E-state index contributed by atoms with van der Waals surface area (Å²) in [6.07, 6.45) is -12.3. The van der Waals surface area contributed by atoms with Crippen LogP contribution < -0.4 is 0 Å². The van der Waals surface area contributed by atoms with Crippen molar-refractivity contribution in [3.63, 3.8) is 0 Å². The van der Waals surface area contributed by atoms with Crippen LogP contribution in [0.4, 0.5) is 32.0 Å². The fraction of sp³-hybridized carbons (Fsp3) is 0.485. The molecule has 0 aliphatic rings. The number of halogens is 6. The molecule has 3 rings (SSSR count). The predicted octanol–water partition coefficient (Wildman–Crippen LogP) is 9.97. The maximum absolute atomic E-state index is 15.0. The molecular weight excluding hydrogens is 554 g/mol. The molecule has 0 bridgehead atoms. The first-order valence-corrected chi connectivity index (χ1v) is 14.2. The smallest absolute Gasteiger partial charge is 0.346 e. The third-order valence-corrected chi connectivity index (χ3v) is 7.74. The molecular formula is C33H40F6N2O. The van der Waals surface area contributed by atoms with Crippen molar-refractivity contribution in [1.29, 1.82) is 0 Å². The van der Waals surface area contributed by atoms with Crippen LogP contribution in [0.15, 0.2) is 65.7 Å². The molecule has 2 atom stereocenters. The first kappa shape index (κ1) is 33.4. The highest BCUT2D eigenvalue weighted by molar-refractivity contribution is 5.93. The quantitative estimate of drug-likeness (QED) is 0.160. The van der Waals surface area contributed by atoms with E-state index in [-0.39, 0.29) is 18.2 Å². The molecule has 0 saturated carbocycles. The van der Waals surface area contributed by atoms with Crippen molar-refractivity contribution in [3.8, 4) is 0 Å². The molecule has 0 radical (unpaired) electrons. The van der Waals surface area contributed by atoms with Crippen molar-refractivity contribution in [3.05, 3.63) is 88.7 Å². The molecule has 1 heterocycles. The molecule has 230 valence electrons. The number of hydrogen-bond acceptors (Lipinski definition) is 2. The van der Waals surface area contributed by atoms with Crippen LogP contribution in [0, 0.1) is 39.5 Å². The lowest BCUT2D eigenvalue weighted by molar-refractivity contribution is -0.394. The summed E-state index contributed by atoms with van der Waals surface area (Å²) in [5.74, 6) is -0.321. The van der Waals surface area contributed by atoms with Crippen molar-refractivity contribution in [2.75, 3.05) is 0 Å². The van der Waals surface area contributed by atoms with Gasteiger partial charge in [0, 0.05) is 17.0 Å². The van der Waals surface area contributed by atoms with Crippen LogP contribution >= 0.6 is 0 Å². The Labute approximate surface area is 244 Å². The summed E-state index contributed by atoms with van der Waals surface area (Å²) < 4.78 is 97.2. The minimum Gasteiger partial charge on any atom is -0.346 e. The second-order valence-electron chi connectivity index (χ2n) is 11.4. The van der Waals surface area contributed by atoms with E-state index in [0.717, 1.165) is 35.4 Å². The number of para-hydroxylation sites is 1. The summed E-state index contributed by atoms with van der Waals surface area (Å²) in [6.45, 7) is 12.7. The normalized spacial score (nSPS) is 14.9. The zero-order chi connectivity index (χ0) is 31.5. The van der Waals surface area contributed by atoms with Crippen LogP contribution in [-0.4, -0.2) is 28.7 Å². The van der Waals surface area contributed by atoms with Crippen LogP contribution in [0.5, 0.6) is 0 Å². The van der Waals surface area contributed by atoms with Crippen molar-refractivity contribution in [2.45, 2.75) is 91.9 Å². The molecule has 9 heteroatoms. The SMILES string of the molecule is CCC(CC(C)C)C(=Nc1c(C)cccc1C)[C@@H](Cn1c(C)ccc1C)OC(c1ccccc1)(C(F)(F)F)C(F)(F)F. The second kappa shape index (κ2) is 13.1. The van der Waals surface area contributed by atoms with E-state index in [1.165, 1.54) is 6.07 Å². The van der Waals surface area contributed by atoms with Gasteiger partial charge in [-0.2, -0.15) is 26.3 Å². The lowest BCUT2D eigenvalue weighted by Gasteiger charge is -2.41. The topological polar surface area (TPSA) is 26.5 Å². The number of benzene rings is 2. The molecule has 0 aliphatic carbocycles. The average molecular weight is 595 g/mol. The Morgan fingerprint density at radius 1 is 0.786 bits per heavy atom. The van der Waals surface area contributed by atoms with Crippen molar-refractivity contribution in [1.82, 2.24) is 4.57 Å². The van der Waals surface area contributed by atoms with Crippen molar-refractivity contribution < 1.29 is 31.1 Å². The number of rotatable bonds is 11. The van der Waals surface area contributed by atoms with Crippen LogP contribution in [0.25, 0.3) is 0 Å². The third kappa shape index (κ3) is 6.93. The number of aliphatic imine (C=N–C) groups is 1. The predicted molar refractivity (Wildman–Crippen MR) is 155 cm³/mol. The van der Waals surface area contributed by atoms with Crippen molar-refractivity contribution >= 4 is 11.4 Å². The Hall–Kier alpha value is -3.07. The summed E-state index contributed by atoms with van der Waals surface area (Å²) in [4.78, 5) is 4.91. The van der Waals surface area contributed by atoms with E-state index < -0.39 is 35.5 Å². The van der Waals surface area contributed by atoms with Gasteiger partial charge in [0.05, 0.1) is 17.9 Å². The summed E-state index contributed by atoms with van der Waals surface area (Å²) >= 11 is 0. The van der Waals surface area contributed by atoms with E-state index in [1.807, 2.05) is 52.8 Å². The molecule has 0 amide bonds. The average Bonchev–Trinajstić information content (AvgIpc) is 3.21. The van der Waals surface area contributed by atoms with Gasteiger partial charge in [0.1, 0.15) is 6.10 Å². The highest BCUT2D eigenvalue weighted by Gasteiger charge is 2.74. The monoisotopic (exact) mass is 594 g/mol. The van der Waals surface area contributed by atoms with E-state index in [9.17, 15) is 26.3 Å². The molecule has 3 nitrogen and oxygen atoms in total. The minimum atomic E-state index is -5.82. The van der Waals surface area contributed by atoms with E-state index in [4.69, 9.17) is 9.73 Å². The van der Waals surface area contributed by atoms with Gasteiger partial charge in [-0.25, -0.2) is 0 Å². The van der Waals surface area contributed by atoms with Gasteiger partial charge in [-0.15, -0.1) is 0 Å². The number of aromatic nitrogens is 1. The second-order valence-corrected chi connectivity index (χ2v) is 11.4. The van der Waals surface area contributed by atoms with Gasteiger partial charge in [0.15, 0.2) is 0 Å². The first-order valence-electron chi connectivity index (χ1n) is 14.2. The van der Waals surface area contributed by atoms with Crippen LogP contribution in [-0.2, 0) is 16.9 Å². The minimum absolute atomic E-state index is 0.109. The van der Waals surface area contributed by atoms with Gasteiger partial charge in [-0.1, -0.05) is 69.3 Å². The first-order chi connectivity index (χ1) is 19.5. The highest BCUT2D eigenvalue weighted by atomic mass is 19.4. The lowest BCUT2D eigenvalue weighted by atomic mass is 9.86. The van der Waals surface area contributed by atoms with Gasteiger partial charge in [0.25, 0.3) is 5.60 Å². The Kier molecular flexibility index (Phi) is 10.4. The molecule has 0 saturated heterocycles. The maximum Gasteiger partial charge on any atom is 0.430 e. The molecule has 42 heavy (non-hydrogen) atoms. The van der Waals surface area contributed by atoms with Crippen LogP contribution in [0.1, 0.15) is 61.7 Å². The van der Waals surface area contributed by atoms with Crippen LogP contribution in [0.2, 0.25) is 0 Å². The fourth-order valence-electron chi connectivity index (χ4n) is 5.52. The summed E-state index contributed by atoms with van der Waals surface area (Å²) in [7, 11) is 0. The molecule has 2 aromatic carbocycles. The van der Waals surface area contributed by atoms with E-state index in [1.54, 1.807) is 30.5 Å². The number of ether oxygens (including phenoxy) is 1. The summed E-state index contributed by atoms with van der Waals surface area (Å²) in [5, 5.41) is 0. The number of alkyl halides is 6. The molecule has 0 spiro atoms. The van der Waals surface area contributed by atoms with Gasteiger partial charge < -0.3 is 9.30 Å². The molecule has 1 aromatic heterocycles. The Morgan fingerprint density at radius 3 is 1.76 bits per heavy atom. The molecule has 0 N–H and O–H groups in total. The summed E-state index contributed by atoms with van der Waals surface area (Å²) in [5.41, 5.74) is -2.02.